The summed E-state index contributed by atoms with van der Waals surface area (Å²) >= 11 is 7.82. The second-order valence-electron chi connectivity index (χ2n) is 5.72. The van der Waals surface area contributed by atoms with Gasteiger partial charge in [-0.3, -0.25) is 4.79 Å². The van der Waals surface area contributed by atoms with E-state index in [4.69, 9.17) is 21.3 Å². The van der Waals surface area contributed by atoms with E-state index in [0.717, 1.165) is 22.6 Å². The molecule has 0 radical (unpaired) electrons. The molecule has 0 saturated heterocycles. The minimum atomic E-state index is -0.258. The number of amides is 1. The molecule has 0 spiro atoms. The van der Waals surface area contributed by atoms with E-state index < -0.39 is 0 Å². The smallest absolute Gasteiger partial charge is 0.287 e. The molecule has 3 aromatic rings. The van der Waals surface area contributed by atoms with Crippen LogP contribution in [0.4, 0.5) is 0 Å². The quantitative estimate of drug-likeness (QED) is 0.562. The molecule has 0 aliphatic rings. The fourth-order valence-corrected chi connectivity index (χ4v) is 3.62. The first-order chi connectivity index (χ1) is 13.2. The summed E-state index contributed by atoms with van der Waals surface area (Å²) in [4.78, 5) is 12.2. The lowest BCUT2D eigenvalue weighted by Crippen LogP contribution is -2.25. The number of thioether (sulfide) groups is 1. The average molecular weight is 397 g/mol. The van der Waals surface area contributed by atoms with Crippen molar-refractivity contribution in [2.24, 2.45) is 0 Å². The number of nitrogens with zero attached hydrogens (tertiary/aromatic N) is 1. The Bertz CT molecular complexity index is 978. The number of carbonyl (C=O) groups is 1. The molecule has 27 heavy (non-hydrogen) atoms. The minimum Gasteiger partial charge on any atom is -0.451 e. The Kier molecular flexibility index (Phi) is 6.59. The third kappa shape index (κ3) is 4.94. The highest BCUT2D eigenvalue weighted by Crippen LogP contribution is 2.29. The number of hydrogen-bond donors (Lipinski definition) is 1. The van der Waals surface area contributed by atoms with Gasteiger partial charge >= 0.3 is 0 Å². The molecule has 0 atom stereocenters. The Morgan fingerprint density at radius 1 is 1.11 bits per heavy atom. The van der Waals surface area contributed by atoms with Crippen molar-refractivity contribution in [1.29, 1.82) is 5.26 Å². The molecule has 0 fully saturated rings. The molecule has 1 heterocycles. The number of furan rings is 1. The van der Waals surface area contributed by atoms with Crippen LogP contribution in [0, 0.1) is 11.3 Å². The number of benzene rings is 2. The predicted octanol–water partition coefficient (Wildman–Crippen LogP) is 5.13. The average Bonchev–Trinajstić information content (AvgIpc) is 3.18. The van der Waals surface area contributed by atoms with Crippen LogP contribution >= 0.6 is 23.4 Å². The number of halogens is 1. The van der Waals surface area contributed by atoms with Gasteiger partial charge in [-0.1, -0.05) is 41.9 Å². The fraction of sp³-hybridized carbons (Fsp3) is 0.143. The van der Waals surface area contributed by atoms with Gasteiger partial charge in [-0.25, -0.2) is 0 Å². The molecule has 0 bridgehead atoms. The van der Waals surface area contributed by atoms with Crippen molar-refractivity contribution in [3.05, 3.63) is 82.6 Å². The molecule has 6 heteroatoms. The molecule has 0 aliphatic heterocycles. The fourth-order valence-electron chi connectivity index (χ4n) is 2.53. The molecule has 4 nitrogen and oxygen atoms in total. The summed E-state index contributed by atoms with van der Waals surface area (Å²) < 4.78 is 5.63. The van der Waals surface area contributed by atoms with E-state index in [1.54, 1.807) is 30.0 Å². The lowest BCUT2D eigenvalue weighted by Gasteiger charge is -2.05. The molecule has 3 rings (SSSR count). The standard InChI is InChI=1S/C21H17ClN2O2S/c22-18-8-4-3-7-17(18)19-9-10-20(26-19)21(25)24-11-12-27-14-16-6-2-1-5-15(16)13-23/h1-10H,11-12,14H2,(H,24,25). The van der Waals surface area contributed by atoms with Crippen LogP contribution in [0.5, 0.6) is 0 Å². The molecular formula is C21H17ClN2O2S. The second kappa shape index (κ2) is 9.31. The Morgan fingerprint density at radius 2 is 1.89 bits per heavy atom. The normalized spacial score (nSPS) is 10.4. The summed E-state index contributed by atoms with van der Waals surface area (Å²) in [5, 5.41) is 12.5. The summed E-state index contributed by atoms with van der Waals surface area (Å²) in [6.07, 6.45) is 0. The third-order valence-electron chi connectivity index (χ3n) is 3.90. The number of hydrogen-bond acceptors (Lipinski definition) is 4. The number of rotatable bonds is 7. The van der Waals surface area contributed by atoms with E-state index in [1.807, 2.05) is 42.5 Å². The van der Waals surface area contributed by atoms with E-state index >= 15 is 0 Å². The van der Waals surface area contributed by atoms with Crippen molar-refractivity contribution in [3.63, 3.8) is 0 Å². The van der Waals surface area contributed by atoms with Gasteiger partial charge in [0.05, 0.1) is 16.7 Å². The maximum Gasteiger partial charge on any atom is 0.287 e. The van der Waals surface area contributed by atoms with Crippen molar-refractivity contribution < 1.29 is 9.21 Å². The first-order valence-corrected chi connectivity index (χ1v) is 9.91. The van der Waals surface area contributed by atoms with Crippen LogP contribution in [0.2, 0.25) is 5.02 Å². The first-order valence-electron chi connectivity index (χ1n) is 8.37. The monoisotopic (exact) mass is 396 g/mol. The number of nitrogens with one attached hydrogen (secondary N) is 1. The van der Waals surface area contributed by atoms with Crippen molar-refractivity contribution in [2.45, 2.75) is 5.75 Å². The van der Waals surface area contributed by atoms with Crippen molar-refractivity contribution in [1.82, 2.24) is 5.32 Å². The summed E-state index contributed by atoms with van der Waals surface area (Å²) in [7, 11) is 0. The highest BCUT2D eigenvalue weighted by atomic mass is 35.5. The molecule has 136 valence electrons. The molecule has 1 amide bonds. The van der Waals surface area contributed by atoms with Crippen LogP contribution in [0.25, 0.3) is 11.3 Å². The van der Waals surface area contributed by atoms with E-state index in [0.29, 0.717) is 22.9 Å². The zero-order chi connectivity index (χ0) is 19.1. The summed E-state index contributed by atoms with van der Waals surface area (Å²) in [5.74, 6) is 2.03. The SMILES string of the molecule is N#Cc1ccccc1CSCCNC(=O)c1ccc(-c2ccccc2Cl)o1. The van der Waals surface area contributed by atoms with Gasteiger partial charge in [0.1, 0.15) is 5.76 Å². The lowest BCUT2D eigenvalue weighted by molar-refractivity contribution is 0.0929. The van der Waals surface area contributed by atoms with Crippen molar-refractivity contribution in [2.75, 3.05) is 12.3 Å². The highest BCUT2D eigenvalue weighted by molar-refractivity contribution is 7.98. The van der Waals surface area contributed by atoms with E-state index in [-0.39, 0.29) is 11.7 Å². The molecule has 0 unspecified atom stereocenters. The largest absolute Gasteiger partial charge is 0.451 e. The summed E-state index contributed by atoms with van der Waals surface area (Å²) in [5.41, 5.74) is 2.45. The van der Waals surface area contributed by atoms with E-state index in [1.165, 1.54) is 0 Å². The maximum absolute atomic E-state index is 12.2. The van der Waals surface area contributed by atoms with Crippen molar-refractivity contribution >= 4 is 29.3 Å². The van der Waals surface area contributed by atoms with Crippen LogP contribution in [0.3, 0.4) is 0 Å². The minimum absolute atomic E-state index is 0.254. The molecule has 0 aliphatic carbocycles. The van der Waals surface area contributed by atoms with Gasteiger partial charge < -0.3 is 9.73 Å². The number of carbonyl (C=O) groups excluding carboxylic acids is 1. The summed E-state index contributed by atoms with van der Waals surface area (Å²) in [6, 6.07) is 20.4. The third-order valence-corrected chi connectivity index (χ3v) is 5.23. The van der Waals surface area contributed by atoms with Gasteiger partial charge in [0.15, 0.2) is 5.76 Å². The van der Waals surface area contributed by atoms with Crippen molar-refractivity contribution in [3.8, 4) is 17.4 Å². The van der Waals surface area contributed by atoms with Gasteiger partial charge in [0.2, 0.25) is 0 Å². The first kappa shape index (κ1) is 19.1. The predicted molar refractivity (Wildman–Crippen MR) is 109 cm³/mol. The summed E-state index contributed by atoms with van der Waals surface area (Å²) in [6.45, 7) is 0.514. The molecule has 2 aromatic carbocycles. The lowest BCUT2D eigenvalue weighted by atomic mass is 10.1. The second-order valence-corrected chi connectivity index (χ2v) is 7.23. The Balaban J connectivity index is 1.48. The topological polar surface area (TPSA) is 66.0 Å². The van der Waals surface area contributed by atoms with Gasteiger partial charge in [-0.15, -0.1) is 0 Å². The van der Waals surface area contributed by atoms with Crippen LogP contribution < -0.4 is 5.32 Å². The maximum atomic E-state index is 12.2. The highest BCUT2D eigenvalue weighted by Gasteiger charge is 2.13. The van der Waals surface area contributed by atoms with Gasteiger partial charge in [0, 0.05) is 23.6 Å². The zero-order valence-corrected chi connectivity index (χ0v) is 16.0. The van der Waals surface area contributed by atoms with Gasteiger partial charge in [0.25, 0.3) is 5.91 Å². The molecule has 1 aromatic heterocycles. The Hall–Kier alpha value is -2.68. The van der Waals surface area contributed by atoms with Gasteiger partial charge in [-0.05, 0) is 35.9 Å². The zero-order valence-electron chi connectivity index (χ0n) is 14.4. The Morgan fingerprint density at radius 3 is 2.70 bits per heavy atom. The molecule has 1 N–H and O–H groups in total. The molecule has 0 saturated carbocycles. The van der Waals surface area contributed by atoms with Crippen LogP contribution in [-0.4, -0.2) is 18.2 Å². The van der Waals surface area contributed by atoms with E-state index in [9.17, 15) is 4.79 Å². The van der Waals surface area contributed by atoms with Crippen LogP contribution in [0.15, 0.2) is 65.1 Å². The van der Waals surface area contributed by atoms with E-state index in [2.05, 4.69) is 11.4 Å². The van der Waals surface area contributed by atoms with Crippen LogP contribution in [-0.2, 0) is 5.75 Å². The number of nitriles is 1. The Labute approximate surface area is 167 Å². The van der Waals surface area contributed by atoms with Crippen LogP contribution in [0.1, 0.15) is 21.7 Å². The van der Waals surface area contributed by atoms with Gasteiger partial charge in [-0.2, -0.15) is 17.0 Å². The molecular weight excluding hydrogens is 380 g/mol.